The molecule has 94 valence electrons. The topological polar surface area (TPSA) is 16.1 Å². The van der Waals surface area contributed by atoms with Gasteiger partial charge in [-0.2, -0.15) is 0 Å². The maximum Gasteiger partial charge on any atom is 0.131 e. The molecule has 0 unspecified atom stereocenters. The molecule has 17 heavy (non-hydrogen) atoms. The lowest BCUT2D eigenvalue weighted by molar-refractivity contribution is 0.112. The molecule has 0 aromatic carbocycles. The highest BCUT2D eigenvalue weighted by Crippen LogP contribution is 2.33. The van der Waals surface area contributed by atoms with Crippen LogP contribution >= 0.6 is 11.6 Å². The molecule has 1 atom stereocenters. The van der Waals surface area contributed by atoms with Crippen molar-refractivity contribution in [3.8, 4) is 0 Å². The van der Waals surface area contributed by atoms with E-state index in [0.29, 0.717) is 17.2 Å². The SMILES string of the molecule is Cc1cc([C@@H]2CCCCN2C(C)C)cnc1Cl. The van der Waals surface area contributed by atoms with Crippen molar-refractivity contribution in [1.29, 1.82) is 0 Å². The molecule has 1 aromatic heterocycles. The lowest BCUT2D eigenvalue weighted by Gasteiger charge is -2.38. The van der Waals surface area contributed by atoms with Crippen molar-refractivity contribution >= 4 is 11.6 Å². The number of pyridine rings is 1. The Kier molecular flexibility index (Phi) is 4.05. The zero-order valence-corrected chi connectivity index (χ0v) is 11.7. The van der Waals surface area contributed by atoms with Gasteiger partial charge in [0, 0.05) is 18.3 Å². The Bertz CT molecular complexity index is 390. The van der Waals surface area contributed by atoms with Gasteiger partial charge in [-0.05, 0) is 57.4 Å². The fourth-order valence-corrected chi connectivity index (χ4v) is 2.80. The first-order chi connectivity index (χ1) is 8.09. The van der Waals surface area contributed by atoms with E-state index in [2.05, 4.69) is 29.8 Å². The summed E-state index contributed by atoms with van der Waals surface area (Å²) in [4.78, 5) is 6.86. The highest BCUT2D eigenvalue weighted by atomic mass is 35.5. The zero-order chi connectivity index (χ0) is 12.4. The van der Waals surface area contributed by atoms with Gasteiger partial charge in [0.1, 0.15) is 5.15 Å². The predicted molar refractivity (Wildman–Crippen MR) is 72.4 cm³/mol. The van der Waals surface area contributed by atoms with E-state index < -0.39 is 0 Å². The second kappa shape index (κ2) is 5.36. The van der Waals surface area contributed by atoms with Gasteiger partial charge in [0.2, 0.25) is 0 Å². The molecule has 0 bridgehead atoms. The third-order valence-corrected chi connectivity index (χ3v) is 4.02. The van der Waals surface area contributed by atoms with E-state index >= 15 is 0 Å². The smallest absolute Gasteiger partial charge is 0.131 e. The van der Waals surface area contributed by atoms with Crippen molar-refractivity contribution in [1.82, 2.24) is 9.88 Å². The molecule has 2 heterocycles. The van der Waals surface area contributed by atoms with Crippen LogP contribution in [0.3, 0.4) is 0 Å². The molecule has 2 nitrogen and oxygen atoms in total. The van der Waals surface area contributed by atoms with E-state index in [0.717, 1.165) is 5.56 Å². The third-order valence-electron chi connectivity index (χ3n) is 3.63. The summed E-state index contributed by atoms with van der Waals surface area (Å²) in [5.41, 5.74) is 2.40. The minimum absolute atomic E-state index is 0.521. The van der Waals surface area contributed by atoms with Crippen LogP contribution in [-0.2, 0) is 0 Å². The Morgan fingerprint density at radius 3 is 2.82 bits per heavy atom. The fourth-order valence-electron chi connectivity index (χ4n) is 2.69. The van der Waals surface area contributed by atoms with Crippen molar-refractivity contribution in [3.63, 3.8) is 0 Å². The fraction of sp³-hybridized carbons (Fsp3) is 0.643. The molecular formula is C14H21ClN2. The van der Waals surface area contributed by atoms with Crippen LogP contribution in [0.4, 0.5) is 0 Å². The Hall–Kier alpha value is -0.600. The molecule has 0 amide bonds. The lowest BCUT2D eigenvalue weighted by atomic mass is 9.94. The number of hydrogen-bond acceptors (Lipinski definition) is 2. The van der Waals surface area contributed by atoms with Gasteiger partial charge in [0.25, 0.3) is 0 Å². The van der Waals surface area contributed by atoms with Crippen LogP contribution in [0.2, 0.25) is 5.15 Å². The highest BCUT2D eigenvalue weighted by Gasteiger charge is 2.26. The number of aromatic nitrogens is 1. The summed E-state index contributed by atoms with van der Waals surface area (Å²) in [6.45, 7) is 7.77. The van der Waals surface area contributed by atoms with Gasteiger partial charge in [-0.1, -0.05) is 18.0 Å². The number of likely N-dealkylation sites (tertiary alicyclic amines) is 1. The molecule has 2 rings (SSSR count). The second-order valence-corrected chi connectivity index (χ2v) is 5.58. The maximum atomic E-state index is 5.99. The predicted octanol–water partition coefficient (Wildman–Crippen LogP) is 3.98. The summed E-state index contributed by atoms with van der Waals surface area (Å²) in [6, 6.07) is 3.31. The van der Waals surface area contributed by atoms with E-state index in [1.54, 1.807) is 0 Å². The molecule has 1 aromatic rings. The molecule has 3 heteroatoms. The Morgan fingerprint density at radius 2 is 2.18 bits per heavy atom. The number of piperidine rings is 1. The van der Waals surface area contributed by atoms with Crippen molar-refractivity contribution in [2.75, 3.05) is 6.54 Å². The molecular weight excluding hydrogens is 232 g/mol. The van der Waals surface area contributed by atoms with Crippen molar-refractivity contribution in [3.05, 3.63) is 28.5 Å². The highest BCUT2D eigenvalue weighted by molar-refractivity contribution is 6.30. The van der Waals surface area contributed by atoms with Gasteiger partial charge in [-0.15, -0.1) is 0 Å². The van der Waals surface area contributed by atoms with Crippen LogP contribution in [0.25, 0.3) is 0 Å². The summed E-state index contributed by atoms with van der Waals surface area (Å²) in [5, 5.41) is 0.626. The second-order valence-electron chi connectivity index (χ2n) is 5.22. The van der Waals surface area contributed by atoms with E-state index in [9.17, 15) is 0 Å². The molecule has 0 radical (unpaired) electrons. The minimum atomic E-state index is 0.521. The van der Waals surface area contributed by atoms with Crippen molar-refractivity contribution < 1.29 is 0 Å². The molecule has 0 N–H and O–H groups in total. The Morgan fingerprint density at radius 1 is 1.41 bits per heavy atom. The first kappa shape index (κ1) is 12.8. The summed E-state index contributed by atoms with van der Waals surface area (Å²) >= 11 is 5.99. The molecule has 1 aliphatic heterocycles. The third kappa shape index (κ3) is 2.80. The average Bonchev–Trinajstić information content (AvgIpc) is 2.32. The molecule has 1 fully saturated rings. The lowest BCUT2D eigenvalue weighted by Crippen LogP contribution is -2.38. The summed E-state index contributed by atoms with van der Waals surface area (Å²) in [6.07, 6.45) is 5.81. The molecule has 0 spiro atoms. The average molecular weight is 253 g/mol. The van der Waals surface area contributed by atoms with Gasteiger partial charge in [0.15, 0.2) is 0 Å². The van der Waals surface area contributed by atoms with Crippen LogP contribution in [0.5, 0.6) is 0 Å². The van der Waals surface area contributed by atoms with Crippen molar-refractivity contribution in [2.24, 2.45) is 0 Å². The van der Waals surface area contributed by atoms with Crippen LogP contribution in [-0.4, -0.2) is 22.5 Å². The van der Waals surface area contributed by atoms with Gasteiger partial charge >= 0.3 is 0 Å². The zero-order valence-electron chi connectivity index (χ0n) is 10.9. The summed E-state index contributed by atoms with van der Waals surface area (Å²) < 4.78 is 0. The first-order valence-electron chi connectivity index (χ1n) is 6.47. The Balaban J connectivity index is 2.26. The largest absolute Gasteiger partial charge is 0.294 e. The number of aryl methyl sites for hydroxylation is 1. The van der Waals surface area contributed by atoms with E-state index in [1.807, 2.05) is 13.1 Å². The van der Waals surface area contributed by atoms with E-state index in [1.165, 1.54) is 31.4 Å². The maximum absolute atomic E-state index is 5.99. The van der Waals surface area contributed by atoms with Gasteiger partial charge in [-0.25, -0.2) is 4.98 Å². The van der Waals surface area contributed by atoms with Gasteiger partial charge < -0.3 is 0 Å². The standard InChI is InChI=1S/C14H21ClN2/c1-10(2)17-7-5-4-6-13(17)12-8-11(3)14(15)16-9-12/h8-10,13H,4-7H2,1-3H3/t13-/m0/s1. The molecule has 1 saturated heterocycles. The number of nitrogens with zero attached hydrogens (tertiary/aromatic N) is 2. The van der Waals surface area contributed by atoms with Crippen molar-refractivity contribution in [2.45, 2.75) is 52.1 Å². The van der Waals surface area contributed by atoms with E-state index in [-0.39, 0.29) is 0 Å². The van der Waals surface area contributed by atoms with E-state index in [4.69, 9.17) is 11.6 Å². The van der Waals surface area contributed by atoms with Crippen LogP contribution in [0.1, 0.15) is 50.3 Å². The summed E-state index contributed by atoms with van der Waals surface area (Å²) in [7, 11) is 0. The minimum Gasteiger partial charge on any atom is -0.294 e. The number of rotatable bonds is 2. The Labute approximate surface area is 109 Å². The molecule has 0 aliphatic carbocycles. The normalized spacial score (nSPS) is 22.1. The molecule has 0 saturated carbocycles. The quantitative estimate of drug-likeness (QED) is 0.741. The van der Waals surface area contributed by atoms with Crippen LogP contribution in [0, 0.1) is 6.92 Å². The van der Waals surface area contributed by atoms with Crippen LogP contribution < -0.4 is 0 Å². The monoisotopic (exact) mass is 252 g/mol. The van der Waals surface area contributed by atoms with Crippen LogP contribution in [0.15, 0.2) is 12.3 Å². The first-order valence-corrected chi connectivity index (χ1v) is 6.85. The summed E-state index contributed by atoms with van der Waals surface area (Å²) in [5.74, 6) is 0. The van der Waals surface area contributed by atoms with Gasteiger partial charge in [-0.3, -0.25) is 4.90 Å². The number of halogens is 1. The number of hydrogen-bond donors (Lipinski definition) is 0. The van der Waals surface area contributed by atoms with Gasteiger partial charge in [0.05, 0.1) is 0 Å². The molecule has 1 aliphatic rings.